The Morgan fingerprint density at radius 3 is 1.86 bits per heavy atom. The number of thiazole rings is 1. The highest BCUT2D eigenvalue weighted by molar-refractivity contribution is 7.19. The zero-order valence-electron chi connectivity index (χ0n) is 25.1. The van der Waals surface area contributed by atoms with E-state index in [9.17, 15) is 19.7 Å². The topological polar surface area (TPSA) is 208 Å². The average Bonchev–Trinajstić information content (AvgIpc) is 3.35. The normalized spacial score (nSPS) is 11.0. The number of nitrogens with two attached hydrogens (primary N) is 1. The van der Waals surface area contributed by atoms with Crippen LogP contribution in [0.3, 0.4) is 0 Å². The largest absolute Gasteiger partial charge is 0.383 e. The van der Waals surface area contributed by atoms with E-state index in [4.69, 9.17) is 34.2 Å². The van der Waals surface area contributed by atoms with Crippen molar-refractivity contribution in [3.8, 4) is 0 Å². The number of ether oxygens (including phenoxy) is 6. The van der Waals surface area contributed by atoms with E-state index in [1.165, 1.54) is 19.9 Å². The van der Waals surface area contributed by atoms with Crippen molar-refractivity contribution in [1.82, 2.24) is 4.98 Å². The standard InChI is InChI=1S/C27H42N6O10S/c1-20-26(33(36)37)44-27(30-20)32-25(35)23-4-3-22(19-24(23)31-21(2)34)29-6-8-39-10-12-41-14-16-43-18-17-42-15-13-40-11-9-38-7-5-28/h3-4,19,29H,5-18,28H2,1-2H3,(H,31,34)(H,30,32,35). The quantitative estimate of drug-likeness (QED) is 0.0695. The van der Waals surface area contributed by atoms with Gasteiger partial charge in [0.1, 0.15) is 5.69 Å². The molecule has 0 saturated heterocycles. The summed E-state index contributed by atoms with van der Waals surface area (Å²) in [7, 11) is 0. The molecule has 246 valence electrons. The molecule has 17 heteroatoms. The number of hydrogen-bond acceptors (Lipinski definition) is 14. The van der Waals surface area contributed by atoms with E-state index in [0.717, 1.165) is 11.3 Å². The van der Waals surface area contributed by atoms with Gasteiger partial charge in [-0.05, 0) is 36.5 Å². The molecule has 2 amide bonds. The lowest BCUT2D eigenvalue weighted by Gasteiger charge is -2.13. The number of nitro groups is 1. The first-order chi connectivity index (χ1) is 21.3. The lowest BCUT2D eigenvalue weighted by Crippen LogP contribution is -2.17. The number of aryl methyl sites for hydroxylation is 1. The summed E-state index contributed by atoms with van der Waals surface area (Å²) in [6.45, 7) is 9.44. The number of nitrogens with zero attached hydrogens (tertiary/aromatic N) is 2. The maximum Gasteiger partial charge on any atom is 0.348 e. The van der Waals surface area contributed by atoms with Crippen molar-refractivity contribution in [1.29, 1.82) is 0 Å². The maximum absolute atomic E-state index is 12.8. The predicted octanol–water partition coefficient (Wildman–Crippen LogP) is 2.04. The smallest absolute Gasteiger partial charge is 0.348 e. The minimum Gasteiger partial charge on any atom is -0.383 e. The first kappa shape index (κ1) is 36.9. The van der Waals surface area contributed by atoms with Gasteiger partial charge in [0, 0.05) is 25.7 Å². The van der Waals surface area contributed by atoms with E-state index in [1.54, 1.807) is 12.1 Å². The molecule has 0 aliphatic rings. The highest BCUT2D eigenvalue weighted by Crippen LogP contribution is 2.30. The Labute approximate surface area is 260 Å². The van der Waals surface area contributed by atoms with E-state index >= 15 is 0 Å². The number of nitrogens with one attached hydrogen (secondary N) is 3. The number of hydrogen-bond donors (Lipinski definition) is 4. The number of carbonyl (C=O) groups excluding carboxylic acids is 2. The van der Waals surface area contributed by atoms with Crippen LogP contribution in [-0.4, -0.2) is 114 Å². The molecule has 0 saturated carbocycles. The number of benzene rings is 1. The first-order valence-corrected chi connectivity index (χ1v) is 14.9. The molecule has 0 aliphatic carbocycles. The molecule has 0 spiro atoms. The molecule has 0 bridgehead atoms. The third kappa shape index (κ3) is 15.4. The molecule has 0 unspecified atom stereocenters. The van der Waals surface area contributed by atoms with Crippen LogP contribution in [-0.2, 0) is 33.2 Å². The van der Waals surface area contributed by atoms with Crippen LogP contribution in [0.25, 0.3) is 0 Å². The Bertz CT molecular complexity index is 1150. The van der Waals surface area contributed by atoms with Crippen LogP contribution in [0.15, 0.2) is 18.2 Å². The van der Waals surface area contributed by atoms with Crippen LogP contribution in [0.2, 0.25) is 0 Å². The van der Waals surface area contributed by atoms with E-state index < -0.39 is 10.8 Å². The van der Waals surface area contributed by atoms with Gasteiger partial charge in [0.2, 0.25) is 5.91 Å². The van der Waals surface area contributed by atoms with Crippen LogP contribution >= 0.6 is 11.3 Å². The van der Waals surface area contributed by atoms with Crippen molar-refractivity contribution in [3.05, 3.63) is 39.6 Å². The number of anilines is 3. The van der Waals surface area contributed by atoms with Crippen molar-refractivity contribution in [3.63, 3.8) is 0 Å². The van der Waals surface area contributed by atoms with Crippen LogP contribution in [0, 0.1) is 17.0 Å². The van der Waals surface area contributed by atoms with Gasteiger partial charge >= 0.3 is 5.00 Å². The Morgan fingerprint density at radius 2 is 1.39 bits per heavy atom. The van der Waals surface area contributed by atoms with Crippen LogP contribution < -0.4 is 21.7 Å². The van der Waals surface area contributed by atoms with Crippen LogP contribution in [0.1, 0.15) is 23.0 Å². The summed E-state index contributed by atoms with van der Waals surface area (Å²) >= 11 is 0.760. The molecule has 0 radical (unpaired) electrons. The molecule has 1 aromatic heterocycles. The van der Waals surface area contributed by atoms with E-state index in [2.05, 4.69) is 20.9 Å². The molecule has 0 aliphatic heterocycles. The summed E-state index contributed by atoms with van der Waals surface area (Å²) in [6.07, 6.45) is 0. The zero-order valence-corrected chi connectivity index (χ0v) is 25.9. The molecule has 1 aromatic carbocycles. The second-order valence-corrected chi connectivity index (χ2v) is 9.93. The van der Waals surface area contributed by atoms with Gasteiger partial charge in [-0.3, -0.25) is 25.0 Å². The predicted molar refractivity (Wildman–Crippen MR) is 165 cm³/mol. The lowest BCUT2D eigenvalue weighted by molar-refractivity contribution is -0.380. The third-order valence-corrected chi connectivity index (χ3v) is 6.46. The Hall–Kier alpha value is -3.29. The van der Waals surface area contributed by atoms with Gasteiger partial charge in [0.05, 0.1) is 95.5 Å². The highest BCUT2D eigenvalue weighted by Gasteiger charge is 2.21. The summed E-state index contributed by atoms with van der Waals surface area (Å²) < 4.78 is 32.5. The van der Waals surface area contributed by atoms with Crippen molar-refractivity contribution in [2.24, 2.45) is 5.73 Å². The van der Waals surface area contributed by atoms with E-state index in [1.807, 2.05) is 0 Å². The second-order valence-electron chi connectivity index (χ2n) is 8.95. The molecule has 0 fully saturated rings. The summed E-state index contributed by atoms with van der Waals surface area (Å²) in [4.78, 5) is 39.1. The van der Waals surface area contributed by atoms with Crippen molar-refractivity contribution < 1.29 is 42.9 Å². The maximum atomic E-state index is 12.8. The fraction of sp³-hybridized carbons (Fsp3) is 0.593. The second kappa shape index (κ2) is 22.3. The molecular weight excluding hydrogens is 600 g/mol. The first-order valence-electron chi connectivity index (χ1n) is 14.1. The van der Waals surface area contributed by atoms with Crippen molar-refractivity contribution in [2.75, 3.05) is 108 Å². The van der Waals surface area contributed by atoms with Crippen molar-refractivity contribution >= 4 is 44.7 Å². The molecule has 44 heavy (non-hydrogen) atoms. The minimum absolute atomic E-state index is 0.0907. The number of rotatable bonds is 25. The fourth-order valence-electron chi connectivity index (χ4n) is 3.47. The van der Waals surface area contributed by atoms with E-state index in [-0.39, 0.29) is 33.0 Å². The number of amides is 2. The molecule has 2 aromatic rings. The lowest BCUT2D eigenvalue weighted by atomic mass is 10.1. The van der Waals surface area contributed by atoms with Gasteiger partial charge in [0.15, 0.2) is 5.13 Å². The molecule has 1 heterocycles. The highest BCUT2D eigenvalue weighted by atomic mass is 32.1. The fourth-order valence-corrected chi connectivity index (χ4v) is 4.25. The van der Waals surface area contributed by atoms with Crippen molar-refractivity contribution in [2.45, 2.75) is 13.8 Å². The number of aromatic nitrogens is 1. The molecule has 0 atom stereocenters. The van der Waals surface area contributed by atoms with Gasteiger partial charge in [-0.15, -0.1) is 0 Å². The van der Waals surface area contributed by atoms with Gasteiger partial charge < -0.3 is 44.8 Å². The zero-order chi connectivity index (χ0) is 32.0. The summed E-state index contributed by atoms with van der Waals surface area (Å²) in [5.74, 6) is -0.922. The van der Waals surface area contributed by atoms with Gasteiger partial charge in [-0.1, -0.05) is 0 Å². The monoisotopic (exact) mass is 642 g/mol. The molecule has 2 rings (SSSR count). The Kier molecular flexibility index (Phi) is 18.7. The number of carbonyl (C=O) groups is 2. The summed E-state index contributed by atoms with van der Waals surface area (Å²) in [5.41, 5.74) is 6.65. The Morgan fingerprint density at radius 1 is 0.864 bits per heavy atom. The summed E-state index contributed by atoms with van der Waals surface area (Å²) in [6, 6.07) is 4.84. The van der Waals surface area contributed by atoms with Crippen LogP contribution in [0.4, 0.5) is 21.5 Å². The molecule has 16 nitrogen and oxygen atoms in total. The van der Waals surface area contributed by atoms with Gasteiger partial charge in [0.25, 0.3) is 5.91 Å². The van der Waals surface area contributed by atoms with Gasteiger partial charge in [-0.25, -0.2) is 4.98 Å². The average molecular weight is 643 g/mol. The third-order valence-electron chi connectivity index (χ3n) is 5.43. The summed E-state index contributed by atoms with van der Waals surface area (Å²) in [5, 5.41) is 19.4. The van der Waals surface area contributed by atoms with E-state index in [0.29, 0.717) is 98.1 Å². The Balaban J connectivity index is 1.56. The SMILES string of the molecule is CC(=O)Nc1cc(NCCOCCOCCOCCOCCOCCOCCN)ccc1C(=O)Nc1nc(C)c([N+](=O)[O-])s1. The van der Waals surface area contributed by atoms with Gasteiger partial charge in [-0.2, -0.15) is 0 Å². The minimum atomic E-state index is -0.562. The molecular formula is C27H42N6O10S. The molecule has 5 N–H and O–H groups in total. The van der Waals surface area contributed by atoms with Crippen LogP contribution in [0.5, 0.6) is 0 Å².